The Morgan fingerprint density at radius 3 is 2.39 bits per heavy atom. The van der Waals surface area contributed by atoms with E-state index < -0.39 is 12.1 Å². The minimum atomic E-state index is -0.940. The number of likely N-dealkylation sites (N-methyl/N-ethyl adjacent to an activating group) is 1. The van der Waals surface area contributed by atoms with Crippen molar-refractivity contribution in [3.05, 3.63) is 53.6 Å². The first kappa shape index (κ1) is 22.6. The SMILES string of the molecule is COc1ccc(C2Cc3c(OC)cccc3N(CCN(C)C)C(=O)C2OC(C)=O)cc1. The number of hydrogen-bond acceptors (Lipinski definition) is 6. The first-order chi connectivity index (χ1) is 14.8. The summed E-state index contributed by atoms with van der Waals surface area (Å²) < 4.78 is 16.5. The summed E-state index contributed by atoms with van der Waals surface area (Å²) in [5.74, 6) is 0.356. The number of hydrogen-bond donors (Lipinski definition) is 0. The van der Waals surface area contributed by atoms with E-state index in [9.17, 15) is 9.59 Å². The van der Waals surface area contributed by atoms with Gasteiger partial charge in [0.25, 0.3) is 5.91 Å². The van der Waals surface area contributed by atoms with Gasteiger partial charge in [-0.1, -0.05) is 18.2 Å². The summed E-state index contributed by atoms with van der Waals surface area (Å²) in [5.41, 5.74) is 2.61. The van der Waals surface area contributed by atoms with Crippen molar-refractivity contribution in [2.24, 2.45) is 0 Å². The number of fused-ring (bicyclic) bond motifs is 1. The van der Waals surface area contributed by atoms with Gasteiger partial charge >= 0.3 is 5.97 Å². The number of benzene rings is 2. The zero-order valence-electron chi connectivity index (χ0n) is 18.8. The second-order valence-corrected chi connectivity index (χ2v) is 7.86. The lowest BCUT2D eigenvalue weighted by atomic mass is 9.87. The van der Waals surface area contributed by atoms with Gasteiger partial charge in [0.15, 0.2) is 6.10 Å². The Bertz CT molecular complexity index is 926. The van der Waals surface area contributed by atoms with Gasteiger partial charge in [-0.05, 0) is 50.3 Å². The van der Waals surface area contributed by atoms with Gasteiger partial charge in [0.2, 0.25) is 0 Å². The highest BCUT2D eigenvalue weighted by molar-refractivity contribution is 6.00. The summed E-state index contributed by atoms with van der Waals surface area (Å²) in [5, 5.41) is 0. The molecule has 0 fully saturated rings. The molecule has 1 aliphatic heterocycles. The summed E-state index contributed by atoms with van der Waals surface area (Å²) in [7, 11) is 7.14. The smallest absolute Gasteiger partial charge is 0.303 e. The molecule has 0 aromatic heterocycles. The van der Waals surface area contributed by atoms with E-state index in [1.54, 1.807) is 19.1 Å². The van der Waals surface area contributed by atoms with E-state index >= 15 is 0 Å². The van der Waals surface area contributed by atoms with Gasteiger partial charge in [0.05, 0.1) is 19.9 Å². The van der Waals surface area contributed by atoms with Crippen LogP contribution in [0.25, 0.3) is 0 Å². The van der Waals surface area contributed by atoms with E-state index in [4.69, 9.17) is 14.2 Å². The Labute approximate surface area is 183 Å². The van der Waals surface area contributed by atoms with Gasteiger partial charge in [-0.3, -0.25) is 9.59 Å². The first-order valence-electron chi connectivity index (χ1n) is 10.3. The molecule has 7 nitrogen and oxygen atoms in total. The van der Waals surface area contributed by atoms with Crippen LogP contribution >= 0.6 is 0 Å². The third-order valence-electron chi connectivity index (χ3n) is 5.53. The van der Waals surface area contributed by atoms with Crippen LogP contribution in [0.3, 0.4) is 0 Å². The fourth-order valence-corrected chi connectivity index (χ4v) is 3.96. The number of rotatable bonds is 7. The summed E-state index contributed by atoms with van der Waals surface area (Å²) in [4.78, 5) is 29.4. The van der Waals surface area contributed by atoms with Crippen molar-refractivity contribution in [2.75, 3.05) is 46.3 Å². The molecule has 1 amide bonds. The van der Waals surface area contributed by atoms with Gasteiger partial charge in [0.1, 0.15) is 11.5 Å². The van der Waals surface area contributed by atoms with Crippen LogP contribution < -0.4 is 14.4 Å². The Kier molecular flexibility index (Phi) is 7.17. The number of nitrogens with zero attached hydrogens (tertiary/aromatic N) is 2. The topological polar surface area (TPSA) is 68.3 Å². The molecule has 0 spiro atoms. The predicted octanol–water partition coefficient (Wildman–Crippen LogP) is 2.87. The Balaban J connectivity index is 2.14. The van der Waals surface area contributed by atoms with Gasteiger partial charge < -0.3 is 24.0 Å². The zero-order valence-corrected chi connectivity index (χ0v) is 18.8. The molecule has 1 aliphatic rings. The van der Waals surface area contributed by atoms with E-state index in [1.807, 2.05) is 61.5 Å². The van der Waals surface area contributed by atoms with E-state index in [1.165, 1.54) is 6.92 Å². The lowest BCUT2D eigenvalue weighted by molar-refractivity contribution is -0.154. The highest BCUT2D eigenvalue weighted by Crippen LogP contribution is 2.40. The van der Waals surface area contributed by atoms with Crippen molar-refractivity contribution in [2.45, 2.75) is 25.4 Å². The van der Waals surface area contributed by atoms with Crippen molar-refractivity contribution >= 4 is 17.6 Å². The normalized spacial score (nSPS) is 18.4. The molecule has 3 rings (SSSR count). The van der Waals surface area contributed by atoms with Crippen LogP contribution in [-0.4, -0.2) is 64.3 Å². The maximum absolute atomic E-state index is 13.7. The molecule has 2 aromatic rings. The van der Waals surface area contributed by atoms with Crippen LogP contribution in [0.2, 0.25) is 0 Å². The van der Waals surface area contributed by atoms with Gasteiger partial charge in [-0.15, -0.1) is 0 Å². The molecule has 0 saturated carbocycles. The molecule has 2 atom stereocenters. The molecule has 0 bridgehead atoms. The summed E-state index contributed by atoms with van der Waals surface area (Å²) in [6.45, 7) is 2.47. The molecule has 0 radical (unpaired) electrons. The molecule has 2 aromatic carbocycles. The highest BCUT2D eigenvalue weighted by atomic mass is 16.5. The third kappa shape index (κ3) is 4.99. The maximum Gasteiger partial charge on any atom is 0.303 e. The van der Waals surface area contributed by atoms with Crippen molar-refractivity contribution < 1.29 is 23.8 Å². The lowest BCUT2D eigenvalue weighted by Crippen LogP contribution is -2.45. The Morgan fingerprint density at radius 2 is 1.81 bits per heavy atom. The molecular formula is C24H30N2O5. The van der Waals surface area contributed by atoms with Crippen LogP contribution in [0.15, 0.2) is 42.5 Å². The number of esters is 1. The standard InChI is InChI=1S/C24H30N2O5/c1-16(27)31-23-19(17-9-11-18(29-4)12-10-17)15-20-21(7-6-8-22(20)30-5)26(24(23)28)14-13-25(2)3/h6-12,19,23H,13-15H2,1-5H3. The minimum Gasteiger partial charge on any atom is -0.497 e. The van der Waals surface area contributed by atoms with E-state index in [0.717, 1.165) is 22.6 Å². The van der Waals surface area contributed by atoms with Crippen LogP contribution in [0.4, 0.5) is 5.69 Å². The number of carbonyl (C=O) groups excluding carboxylic acids is 2. The fourth-order valence-electron chi connectivity index (χ4n) is 3.96. The second-order valence-electron chi connectivity index (χ2n) is 7.86. The van der Waals surface area contributed by atoms with Crippen LogP contribution in [0.1, 0.15) is 24.0 Å². The number of amides is 1. The molecule has 2 unspecified atom stereocenters. The fraction of sp³-hybridized carbons (Fsp3) is 0.417. The van der Waals surface area contributed by atoms with Crippen LogP contribution in [0.5, 0.6) is 11.5 Å². The molecule has 0 aliphatic carbocycles. The second kappa shape index (κ2) is 9.83. The van der Waals surface area contributed by atoms with E-state index in [-0.39, 0.29) is 11.8 Å². The zero-order chi connectivity index (χ0) is 22.5. The Hall–Kier alpha value is -3.06. The van der Waals surface area contributed by atoms with Crippen LogP contribution in [0, 0.1) is 0 Å². The minimum absolute atomic E-state index is 0.232. The average molecular weight is 427 g/mol. The molecule has 0 saturated heterocycles. The molecule has 31 heavy (non-hydrogen) atoms. The van der Waals surface area contributed by atoms with E-state index in [0.29, 0.717) is 25.3 Å². The summed E-state index contributed by atoms with van der Waals surface area (Å²) in [6.07, 6.45) is -0.446. The van der Waals surface area contributed by atoms with Crippen molar-refractivity contribution in [1.29, 1.82) is 0 Å². The van der Waals surface area contributed by atoms with Crippen molar-refractivity contribution in [3.63, 3.8) is 0 Å². The monoisotopic (exact) mass is 426 g/mol. The number of methoxy groups -OCH3 is 2. The number of carbonyl (C=O) groups is 2. The predicted molar refractivity (Wildman–Crippen MR) is 119 cm³/mol. The number of anilines is 1. The molecule has 166 valence electrons. The van der Waals surface area contributed by atoms with Crippen molar-refractivity contribution in [1.82, 2.24) is 4.90 Å². The quantitative estimate of drug-likeness (QED) is 0.635. The highest BCUT2D eigenvalue weighted by Gasteiger charge is 2.41. The van der Waals surface area contributed by atoms with Crippen LogP contribution in [-0.2, 0) is 20.7 Å². The molecule has 7 heteroatoms. The summed E-state index contributed by atoms with van der Waals surface area (Å²) >= 11 is 0. The maximum atomic E-state index is 13.7. The molecule has 1 heterocycles. The van der Waals surface area contributed by atoms with Gasteiger partial charge in [0, 0.05) is 31.5 Å². The molecular weight excluding hydrogens is 396 g/mol. The first-order valence-corrected chi connectivity index (χ1v) is 10.3. The molecule has 0 N–H and O–H groups in total. The average Bonchev–Trinajstić information content (AvgIpc) is 2.86. The summed E-state index contributed by atoms with van der Waals surface area (Å²) in [6, 6.07) is 13.2. The van der Waals surface area contributed by atoms with E-state index in [2.05, 4.69) is 0 Å². The third-order valence-corrected chi connectivity index (χ3v) is 5.53. The largest absolute Gasteiger partial charge is 0.497 e. The Morgan fingerprint density at radius 1 is 1.10 bits per heavy atom. The van der Waals surface area contributed by atoms with Gasteiger partial charge in [-0.2, -0.15) is 0 Å². The van der Waals surface area contributed by atoms with Gasteiger partial charge in [-0.25, -0.2) is 0 Å². The van der Waals surface area contributed by atoms with Crippen molar-refractivity contribution in [3.8, 4) is 11.5 Å². The lowest BCUT2D eigenvalue weighted by Gasteiger charge is -2.29. The number of ether oxygens (including phenoxy) is 3.